The number of nitrogens with zero attached hydrogens (tertiary/aromatic N) is 1. The van der Waals surface area contributed by atoms with Crippen molar-refractivity contribution in [2.45, 2.75) is 52.4 Å². The molecular weight excluding hydrogens is 350 g/mol. The van der Waals surface area contributed by atoms with E-state index in [-0.39, 0.29) is 10.8 Å². The molecule has 0 spiro atoms. The van der Waals surface area contributed by atoms with Gasteiger partial charge in [-0.15, -0.1) is 0 Å². The van der Waals surface area contributed by atoms with Gasteiger partial charge >= 0.3 is 0 Å². The number of para-hydroxylation sites is 2. The van der Waals surface area contributed by atoms with Crippen molar-refractivity contribution in [3.05, 3.63) is 90.0 Å². The van der Waals surface area contributed by atoms with Crippen LogP contribution in [0.1, 0.15) is 52.7 Å². The van der Waals surface area contributed by atoms with Crippen molar-refractivity contribution in [1.29, 1.82) is 0 Å². The third kappa shape index (κ3) is 3.51. The van der Waals surface area contributed by atoms with Crippen molar-refractivity contribution in [3.63, 3.8) is 0 Å². The van der Waals surface area contributed by atoms with E-state index in [2.05, 4.69) is 125 Å². The zero-order chi connectivity index (χ0) is 20.8. The quantitative estimate of drug-likeness (QED) is 0.332. The molecule has 1 heteroatoms. The summed E-state index contributed by atoms with van der Waals surface area (Å²) in [6.45, 7) is 13.9. The van der Waals surface area contributed by atoms with Gasteiger partial charge in [0.1, 0.15) is 0 Å². The van der Waals surface area contributed by atoms with Crippen LogP contribution in [0.15, 0.2) is 78.9 Å². The van der Waals surface area contributed by atoms with Gasteiger partial charge < -0.3 is 4.57 Å². The molecule has 4 aromatic rings. The second kappa shape index (κ2) is 6.91. The number of rotatable bonds is 2. The maximum Gasteiger partial charge on any atom is 0.0544 e. The van der Waals surface area contributed by atoms with E-state index in [1.807, 2.05) is 0 Å². The van der Waals surface area contributed by atoms with Gasteiger partial charge in [-0.3, -0.25) is 0 Å². The Hall–Kier alpha value is -2.80. The molecular formula is C28H31N. The van der Waals surface area contributed by atoms with Crippen LogP contribution in [0.3, 0.4) is 0 Å². The molecule has 0 N–H and O–H groups in total. The van der Waals surface area contributed by atoms with Crippen molar-refractivity contribution < 1.29 is 0 Å². The third-order valence-corrected chi connectivity index (χ3v) is 5.62. The molecule has 0 amide bonds. The second-order valence-electron chi connectivity index (χ2n) is 9.99. The summed E-state index contributed by atoms with van der Waals surface area (Å²) in [6, 6.07) is 28.5. The molecule has 1 nitrogen and oxygen atoms in total. The van der Waals surface area contributed by atoms with Crippen LogP contribution in [0.5, 0.6) is 0 Å². The maximum absolute atomic E-state index is 2.41. The van der Waals surface area contributed by atoms with Crippen molar-refractivity contribution in [3.8, 4) is 16.9 Å². The lowest BCUT2D eigenvalue weighted by Gasteiger charge is -2.32. The molecule has 0 bridgehead atoms. The summed E-state index contributed by atoms with van der Waals surface area (Å²) < 4.78 is 2.41. The van der Waals surface area contributed by atoms with E-state index >= 15 is 0 Å². The van der Waals surface area contributed by atoms with Gasteiger partial charge in [0.15, 0.2) is 0 Å². The molecule has 3 aromatic carbocycles. The number of aromatic nitrogens is 1. The molecule has 0 fully saturated rings. The lowest BCUT2D eigenvalue weighted by Crippen LogP contribution is -2.23. The number of hydrogen-bond donors (Lipinski definition) is 0. The highest BCUT2D eigenvalue weighted by Crippen LogP contribution is 2.42. The molecule has 148 valence electrons. The second-order valence-corrected chi connectivity index (χ2v) is 9.99. The lowest BCUT2D eigenvalue weighted by molar-refractivity contribution is 0.531. The van der Waals surface area contributed by atoms with E-state index in [0.29, 0.717) is 0 Å². The van der Waals surface area contributed by atoms with E-state index in [4.69, 9.17) is 0 Å². The number of hydrogen-bond acceptors (Lipinski definition) is 0. The van der Waals surface area contributed by atoms with E-state index in [1.165, 1.54) is 39.0 Å². The highest BCUT2D eigenvalue weighted by molar-refractivity contribution is 5.90. The van der Waals surface area contributed by atoms with E-state index < -0.39 is 0 Å². The van der Waals surface area contributed by atoms with Gasteiger partial charge in [0, 0.05) is 16.6 Å². The topological polar surface area (TPSA) is 4.93 Å². The zero-order valence-electron chi connectivity index (χ0n) is 18.5. The van der Waals surface area contributed by atoms with Crippen LogP contribution in [0, 0.1) is 0 Å². The molecule has 1 heterocycles. The minimum atomic E-state index is 0.0389. The highest BCUT2D eigenvalue weighted by Gasteiger charge is 2.29. The van der Waals surface area contributed by atoms with Crippen molar-refractivity contribution >= 4 is 10.9 Å². The van der Waals surface area contributed by atoms with Crippen LogP contribution in [0.25, 0.3) is 27.8 Å². The Morgan fingerprint density at radius 3 is 1.93 bits per heavy atom. The summed E-state index contributed by atoms with van der Waals surface area (Å²) >= 11 is 0. The Bertz CT molecular complexity index is 1150. The SMILES string of the molecule is CC(C)(C)c1cccc(-c2cc3ccccc3n2-c2ccccc2)c1C(C)(C)C. The Morgan fingerprint density at radius 2 is 1.28 bits per heavy atom. The van der Waals surface area contributed by atoms with Crippen LogP contribution in [0.2, 0.25) is 0 Å². The average molecular weight is 382 g/mol. The van der Waals surface area contributed by atoms with Gasteiger partial charge in [0.25, 0.3) is 0 Å². The van der Waals surface area contributed by atoms with Crippen molar-refractivity contribution in [1.82, 2.24) is 4.57 Å². The van der Waals surface area contributed by atoms with Gasteiger partial charge in [0.05, 0.1) is 11.2 Å². The lowest BCUT2D eigenvalue weighted by atomic mass is 9.73. The predicted molar refractivity (Wildman–Crippen MR) is 126 cm³/mol. The van der Waals surface area contributed by atoms with E-state index in [1.54, 1.807) is 0 Å². The minimum absolute atomic E-state index is 0.0389. The fourth-order valence-corrected chi connectivity index (χ4v) is 4.41. The van der Waals surface area contributed by atoms with Gasteiger partial charge in [-0.25, -0.2) is 0 Å². The minimum Gasteiger partial charge on any atom is -0.309 e. The first-order valence-corrected chi connectivity index (χ1v) is 10.5. The molecule has 0 saturated heterocycles. The molecule has 0 aliphatic rings. The molecule has 0 aliphatic carbocycles. The Kier molecular flexibility index (Phi) is 4.65. The van der Waals surface area contributed by atoms with Crippen LogP contribution in [-0.2, 0) is 10.8 Å². The van der Waals surface area contributed by atoms with E-state index in [9.17, 15) is 0 Å². The van der Waals surface area contributed by atoms with Crippen molar-refractivity contribution in [2.24, 2.45) is 0 Å². The van der Waals surface area contributed by atoms with Crippen LogP contribution in [0.4, 0.5) is 0 Å². The molecule has 0 atom stereocenters. The zero-order valence-corrected chi connectivity index (χ0v) is 18.5. The smallest absolute Gasteiger partial charge is 0.0544 e. The fourth-order valence-electron chi connectivity index (χ4n) is 4.41. The first-order valence-electron chi connectivity index (χ1n) is 10.5. The molecule has 29 heavy (non-hydrogen) atoms. The molecule has 4 rings (SSSR count). The van der Waals surface area contributed by atoms with Gasteiger partial charge in [-0.05, 0) is 46.2 Å². The molecule has 0 radical (unpaired) electrons. The first-order chi connectivity index (χ1) is 13.7. The molecule has 0 saturated carbocycles. The summed E-state index contributed by atoms with van der Waals surface area (Å²) in [5.41, 5.74) is 8.01. The summed E-state index contributed by atoms with van der Waals surface area (Å²) in [5, 5.41) is 1.27. The summed E-state index contributed by atoms with van der Waals surface area (Å²) in [4.78, 5) is 0. The van der Waals surface area contributed by atoms with Gasteiger partial charge in [0.2, 0.25) is 0 Å². The Morgan fingerprint density at radius 1 is 0.621 bits per heavy atom. The van der Waals surface area contributed by atoms with Crippen LogP contribution >= 0.6 is 0 Å². The summed E-state index contributed by atoms with van der Waals surface area (Å²) in [6.07, 6.45) is 0. The van der Waals surface area contributed by atoms with Crippen molar-refractivity contribution in [2.75, 3.05) is 0 Å². The number of benzene rings is 3. The molecule has 0 aliphatic heterocycles. The van der Waals surface area contributed by atoms with E-state index in [0.717, 1.165) is 0 Å². The fraction of sp³-hybridized carbons (Fsp3) is 0.286. The van der Waals surface area contributed by atoms with Crippen LogP contribution < -0.4 is 0 Å². The first kappa shape index (κ1) is 19.5. The third-order valence-electron chi connectivity index (χ3n) is 5.62. The Balaban J connectivity index is 2.12. The maximum atomic E-state index is 2.41. The highest BCUT2D eigenvalue weighted by atomic mass is 15.0. The monoisotopic (exact) mass is 381 g/mol. The standard InChI is InChI=1S/C28H31N/c1-27(2,3)23-17-12-16-22(26(23)28(4,5)6)25-19-20-13-10-11-18-24(20)29(25)21-14-8-7-9-15-21/h7-19H,1-6H3. The summed E-state index contributed by atoms with van der Waals surface area (Å²) in [5.74, 6) is 0. The Labute approximate surface area is 175 Å². The van der Waals surface area contributed by atoms with Gasteiger partial charge in [-0.1, -0.05) is 96.1 Å². The predicted octanol–water partition coefficient (Wildman–Crippen LogP) is 7.89. The molecule has 1 aromatic heterocycles. The molecule has 0 unspecified atom stereocenters. The largest absolute Gasteiger partial charge is 0.309 e. The summed E-state index contributed by atoms with van der Waals surface area (Å²) in [7, 11) is 0. The number of fused-ring (bicyclic) bond motifs is 1. The average Bonchev–Trinajstić information content (AvgIpc) is 3.06. The van der Waals surface area contributed by atoms with Crippen LogP contribution in [-0.4, -0.2) is 4.57 Å². The van der Waals surface area contributed by atoms with Gasteiger partial charge in [-0.2, -0.15) is 0 Å². The normalized spacial score (nSPS) is 12.5.